The van der Waals surface area contributed by atoms with E-state index in [9.17, 15) is 15.3 Å². The lowest BCUT2D eigenvalue weighted by Crippen LogP contribution is -2.35. The van der Waals surface area contributed by atoms with E-state index in [-0.39, 0.29) is 6.61 Å². The summed E-state index contributed by atoms with van der Waals surface area (Å²) in [5, 5.41) is 28.4. The minimum absolute atomic E-state index is 0.0414. The minimum atomic E-state index is -1.41. The summed E-state index contributed by atoms with van der Waals surface area (Å²) in [6.07, 6.45) is -3.26. The molecule has 0 bridgehead atoms. The van der Waals surface area contributed by atoms with Crippen LogP contribution in [0, 0.1) is 13.8 Å². The Morgan fingerprint density at radius 3 is 2.41 bits per heavy atom. The van der Waals surface area contributed by atoms with E-state index in [0.29, 0.717) is 11.4 Å². The molecule has 0 spiro atoms. The first-order valence-electron chi connectivity index (χ1n) is 7.02. The minimum Gasteiger partial charge on any atom is -0.474 e. The summed E-state index contributed by atoms with van der Waals surface area (Å²) >= 11 is 0. The summed E-state index contributed by atoms with van der Waals surface area (Å²) in [6.45, 7) is 3.96. The molecule has 3 N–H and O–H groups in total. The molecule has 1 fully saturated rings. The maximum absolute atomic E-state index is 9.69. The Balaban J connectivity index is 1.73. The highest BCUT2D eigenvalue weighted by Crippen LogP contribution is 2.22. The van der Waals surface area contributed by atoms with Crippen LogP contribution in [0.3, 0.4) is 0 Å². The van der Waals surface area contributed by atoms with Crippen molar-refractivity contribution in [2.45, 2.75) is 38.4 Å². The van der Waals surface area contributed by atoms with Crippen molar-refractivity contribution in [3.63, 3.8) is 0 Å². The molecule has 1 aliphatic rings. The molecule has 1 aromatic heterocycles. The van der Waals surface area contributed by atoms with Crippen molar-refractivity contribution in [2.75, 3.05) is 6.61 Å². The van der Waals surface area contributed by atoms with Gasteiger partial charge in [0.1, 0.15) is 24.9 Å². The van der Waals surface area contributed by atoms with E-state index in [1.54, 1.807) is 0 Å². The van der Waals surface area contributed by atoms with E-state index in [4.69, 9.17) is 9.47 Å². The van der Waals surface area contributed by atoms with Crippen molar-refractivity contribution in [3.05, 3.63) is 29.5 Å². The quantitative estimate of drug-likeness (QED) is 0.736. The Morgan fingerprint density at radius 2 is 1.77 bits per heavy atom. The molecule has 22 heavy (non-hydrogen) atoms. The highest BCUT2D eigenvalue weighted by atomic mass is 16.7. The van der Waals surface area contributed by atoms with Gasteiger partial charge in [0.2, 0.25) is 5.88 Å². The molecule has 1 saturated heterocycles. The number of hydrogen-bond acceptors (Lipinski definition) is 7. The average molecular weight is 306 g/mol. The maximum atomic E-state index is 9.69. The predicted molar refractivity (Wildman–Crippen MR) is 77.4 cm³/mol. The lowest BCUT2D eigenvalue weighted by atomic mass is 10.1. The SMILES string of the molecule is Cc1cc2ncc(OC[C@H]3O[C@@H](O)[C@H](O)[C@@H]3O)nc2cc1C. The molecule has 1 aliphatic heterocycles. The maximum Gasteiger partial charge on any atom is 0.232 e. The molecule has 7 heteroatoms. The molecule has 0 aliphatic carbocycles. The van der Waals surface area contributed by atoms with Crippen LogP contribution in [0.1, 0.15) is 11.1 Å². The van der Waals surface area contributed by atoms with E-state index in [1.807, 2.05) is 26.0 Å². The van der Waals surface area contributed by atoms with E-state index in [1.165, 1.54) is 6.20 Å². The van der Waals surface area contributed by atoms with Crippen LogP contribution in [0.4, 0.5) is 0 Å². The first-order chi connectivity index (χ1) is 10.5. The number of nitrogens with zero attached hydrogens (tertiary/aromatic N) is 2. The summed E-state index contributed by atoms with van der Waals surface area (Å²) in [5.74, 6) is 0.294. The van der Waals surface area contributed by atoms with Crippen LogP contribution in [-0.2, 0) is 4.74 Å². The summed E-state index contributed by atoms with van der Waals surface area (Å²) in [6, 6.07) is 3.89. The zero-order valence-corrected chi connectivity index (χ0v) is 12.3. The number of hydrogen-bond donors (Lipinski definition) is 3. The van der Waals surface area contributed by atoms with Gasteiger partial charge in [-0.25, -0.2) is 9.97 Å². The second-order valence-electron chi connectivity index (χ2n) is 5.49. The summed E-state index contributed by atoms with van der Waals surface area (Å²) in [5.41, 5.74) is 3.74. The smallest absolute Gasteiger partial charge is 0.232 e. The highest BCUT2D eigenvalue weighted by Gasteiger charge is 2.42. The van der Waals surface area contributed by atoms with Gasteiger partial charge in [-0.1, -0.05) is 0 Å². The van der Waals surface area contributed by atoms with Gasteiger partial charge in [0.05, 0.1) is 17.2 Å². The van der Waals surface area contributed by atoms with Crippen molar-refractivity contribution in [1.82, 2.24) is 9.97 Å². The van der Waals surface area contributed by atoms with Crippen molar-refractivity contribution in [2.24, 2.45) is 0 Å². The van der Waals surface area contributed by atoms with Gasteiger partial charge in [-0.05, 0) is 37.1 Å². The fraction of sp³-hybridized carbons (Fsp3) is 0.467. The predicted octanol–water partition coefficient (Wildman–Crippen LogP) is 0.0644. The Bertz CT molecular complexity index is 693. The topological polar surface area (TPSA) is 105 Å². The lowest BCUT2D eigenvalue weighted by molar-refractivity contribution is -0.131. The average Bonchev–Trinajstić information content (AvgIpc) is 2.73. The van der Waals surface area contributed by atoms with Gasteiger partial charge < -0.3 is 24.8 Å². The third-order valence-electron chi connectivity index (χ3n) is 3.87. The Kier molecular flexibility index (Phi) is 3.96. The van der Waals surface area contributed by atoms with Crippen LogP contribution < -0.4 is 4.74 Å². The molecule has 7 nitrogen and oxygen atoms in total. The van der Waals surface area contributed by atoms with E-state index >= 15 is 0 Å². The molecular formula is C15H18N2O5. The molecule has 0 unspecified atom stereocenters. The second kappa shape index (κ2) is 5.77. The number of fused-ring (bicyclic) bond motifs is 1. The molecule has 2 heterocycles. The second-order valence-corrected chi connectivity index (χ2v) is 5.49. The zero-order chi connectivity index (χ0) is 15.9. The Morgan fingerprint density at radius 1 is 1.09 bits per heavy atom. The molecular weight excluding hydrogens is 288 g/mol. The number of benzene rings is 1. The molecule has 118 valence electrons. The van der Waals surface area contributed by atoms with Gasteiger partial charge in [0.25, 0.3) is 0 Å². The normalized spacial score (nSPS) is 28.2. The van der Waals surface area contributed by atoms with Crippen LogP contribution in [-0.4, -0.2) is 56.5 Å². The van der Waals surface area contributed by atoms with E-state index in [0.717, 1.165) is 16.6 Å². The van der Waals surface area contributed by atoms with Gasteiger partial charge in [-0.3, -0.25) is 0 Å². The summed E-state index contributed by atoms with van der Waals surface area (Å²) < 4.78 is 10.5. The Labute approximate surface area is 127 Å². The molecule has 3 rings (SSSR count). The van der Waals surface area contributed by atoms with E-state index in [2.05, 4.69) is 9.97 Å². The van der Waals surface area contributed by atoms with Gasteiger partial charge in [0.15, 0.2) is 6.29 Å². The lowest BCUT2D eigenvalue weighted by Gasteiger charge is -2.14. The van der Waals surface area contributed by atoms with Crippen LogP contribution in [0.2, 0.25) is 0 Å². The van der Waals surface area contributed by atoms with Crippen molar-refractivity contribution < 1.29 is 24.8 Å². The number of aryl methyl sites for hydroxylation is 2. The largest absolute Gasteiger partial charge is 0.474 e. The van der Waals surface area contributed by atoms with Crippen molar-refractivity contribution in [1.29, 1.82) is 0 Å². The molecule has 0 saturated carbocycles. The summed E-state index contributed by atoms with van der Waals surface area (Å²) in [7, 11) is 0. The molecule has 4 atom stereocenters. The first kappa shape index (κ1) is 15.1. The zero-order valence-electron chi connectivity index (χ0n) is 12.3. The number of rotatable bonds is 3. The van der Waals surface area contributed by atoms with Gasteiger partial charge in [-0.15, -0.1) is 0 Å². The van der Waals surface area contributed by atoms with Crippen molar-refractivity contribution in [3.8, 4) is 5.88 Å². The summed E-state index contributed by atoms with van der Waals surface area (Å²) in [4.78, 5) is 8.64. The van der Waals surface area contributed by atoms with E-state index < -0.39 is 24.6 Å². The fourth-order valence-electron chi connectivity index (χ4n) is 2.35. The van der Waals surface area contributed by atoms with Crippen LogP contribution in [0.5, 0.6) is 5.88 Å². The van der Waals surface area contributed by atoms with Gasteiger partial charge >= 0.3 is 0 Å². The fourth-order valence-corrected chi connectivity index (χ4v) is 2.35. The number of ether oxygens (including phenoxy) is 2. The van der Waals surface area contributed by atoms with Gasteiger partial charge in [-0.2, -0.15) is 0 Å². The number of aliphatic hydroxyl groups excluding tert-OH is 3. The van der Waals surface area contributed by atoms with Gasteiger partial charge in [0, 0.05) is 0 Å². The molecule has 2 aromatic rings. The standard InChI is InChI=1S/C15H18N2O5/c1-7-3-9-10(4-8(7)2)17-12(5-16-9)21-6-11-13(18)14(19)15(20)22-11/h3-5,11,13-15,18-20H,6H2,1-2H3/t11-,13-,14-,15-/m1/s1. The number of aliphatic hydroxyl groups is 3. The monoisotopic (exact) mass is 306 g/mol. The van der Waals surface area contributed by atoms with Crippen molar-refractivity contribution >= 4 is 11.0 Å². The molecule has 1 aromatic carbocycles. The third-order valence-corrected chi connectivity index (χ3v) is 3.87. The molecule has 0 radical (unpaired) electrons. The third kappa shape index (κ3) is 2.76. The Hall–Kier alpha value is -1.80. The number of aromatic nitrogens is 2. The van der Waals surface area contributed by atoms with Crippen LogP contribution >= 0.6 is 0 Å². The molecule has 0 amide bonds. The first-order valence-corrected chi connectivity index (χ1v) is 7.02. The highest BCUT2D eigenvalue weighted by molar-refractivity contribution is 5.76. The van der Waals surface area contributed by atoms with Crippen LogP contribution in [0.15, 0.2) is 18.3 Å². The van der Waals surface area contributed by atoms with Crippen LogP contribution in [0.25, 0.3) is 11.0 Å².